The van der Waals surface area contributed by atoms with Crippen molar-refractivity contribution < 1.29 is 9.52 Å². The lowest BCUT2D eigenvalue weighted by molar-refractivity contribution is 0.477. The van der Waals surface area contributed by atoms with Crippen LogP contribution in [0.4, 0.5) is 17.2 Å². The highest BCUT2D eigenvalue weighted by Crippen LogP contribution is 2.48. The lowest BCUT2D eigenvalue weighted by atomic mass is 9.98. The number of phenolic OH excluding ortho intramolecular Hbond substituents is 1. The first kappa shape index (κ1) is 33.4. The first-order valence-electron chi connectivity index (χ1n) is 19.3. The van der Waals surface area contributed by atoms with Crippen LogP contribution in [0, 0.1) is 0 Å². The third-order valence-corrected chi connectivity index (χ3v) is 11.0. The smallest absolute Gasteiger partial charge is 0.159 e. The van der Waals surface area contributed by atoms with Crippen LogP contribution in [0.25, 0.3) is 83.1 Å². The zero-order valence-electron chi connectivity index (χ0n) is 31.2. The molecule has 0 unspecified atom stereocenters. The Kier molecular flexibility index (Phi) is 7.86. The molecular formula is C52H34N4O2. The number of phenols is 1. The van der Waals surface area contributed by atoms with Gasteiger partial charge in [0.15, 0.2) is 5.58 Å². The van der Waals surface area contributed by atoms with E-state index in [0.717, 1.165) is 88.9 Å². The van der Waals surface area contributed by atoms with Crippen molar-refractivity contribution in [3.63, 3.8) is 0 Å². The fourth-order valence-electron chi connectivity index (χ4n) is 8.35. The maximum Gasteiger partial charge on any atom is 0.159 e. The van der Waals surface area contributed by atoms with Crippen molar-refractivity contribution in [2.75, 3.05) is 4.90 Å². The number of hydrogen-bond acceptors (Lipinski definition) is 5. The molecule has 3 aromatic heterocycles. The number of rotatable bonds is 7. The van der Waals surface area contributed by atoms with Crippen molar-refractivity contribution in [1.29, 1.82) is 0 Å². The van der Waals surface area contributed by atoms with Gasteiger partial charge in [-0.3, -0.25) is 9.47 Å². The molecule has 0 spiro atoms. The summed E-state index contributed by atoms with van der Waals surface area (Å²) in [7, 11) is 0. The van der Waals surface area contributed by atoms with E-state index in [0.29, 0.717) is 11.4 Å². The topological polar surface area (TPSA) is 67.3 Å². The molecule has 274 valence electrons. The van der Waals surface area contributed by atoms with Gasteiger partial charge in [-0.05, 0) is 77.2 Å². The second kappa shape index (κ2) is 13.7. The molecule has 0 aliphatic carbocycles. The van der Waals surface area contributed by atoms with E-state index in [-0.39, 0.29) is 5.75 Å². The van der Waals surface area contributed by atoms with Crippen LogP contribution in [0.2, 0.25) is 0 Å². The number of anilines is 3. The minimum absolute atomic E-state index is 0.164. The second-order valence-corrected chi connectivity index (χ2v) is 14.3. The summed E-state index contributed by atoms with van der Waals surface area (Å²) in [5, 5.41) is 15.5. The first-order valence-corrected chi connectivity index (χ1v) is 19.3. The van der Waals surface area contributed by atoms with Gasteiger partial charge in [0.2, 0.25) is 0 Å². The second-order valence-electron chi connectivity index (χ2n) is 14.3. The van der Waals surface area contributed by atoms with Gasteiger partial charge in [0, 0.05) is 33.5 Å². The molecule has 0 aliphatic rings. The Morgan fingerprint density at radius 3 is 2.09 bits per heavy atom. The molecule has 0 fully saturated rings. The highest BCUT2D eigenvalue weighted by Gasteiger charge is 2.26. The number of furan rings is 1. The number of benzene rings is 8. The minimum atomic E-state index is 0.164. The maximum absolute atomic E-state index is 11.3. The van der Waals surface area contributed by atoms with E-state index in [1.807, 2.05) is 60.8 Å². The van der Waals surface area contributed by atoms with E-state index in [2.05, 4.69) is 143 Å². The van der Waals surface area contributed by atoms with Crippen LogP contribution in [0.5, 0.6) is 5.75 Å². The van der Waals surface area contributed by atoms with Gasteiger partial charge in [0.25, 0.3) is 0 Å². The predicted molar refractivity (Wildman–Crippen MR) is 236 cm³/mol. The van der Waals surface area contributed by atoms with E-state index in [1.165, 1.54) is 0 Å². The molecule has 0 atom stereocenters. The standard InChI is InChI=1S/C52H34N4O2/c57-47-28-10-7-23-41(47)52-54-50-39(24-15-27-45(50)56(52)44-26-14-19-35-18-4-5-20-38(35)44)36-32-42-40-22-8-11-29-48(40)58-51(42)46(33-36)55(49-30-12-13-31-53-49)43-25-9-6-21-37(43)34-16-2-1-3-17-34/h1-33,57H. The molecule has 0 bridgehead atoms. The van der Waals surface area contributed by atoms with Crippen molar-refractivity contribution in [3.8, 4) is 45.1 Å². The number of para-hydroxylation sites is 4. The summed E-state index contributed by atoms with van der Waals surface area (Å²) in [6, 6.07) is 65.9. The zero-order chi connectivity index (χ0) is 38.6. The fourth-order valence-corrected chi connectivity index (χ4v) is 8.35. The van der Waals surface area contributed by atoms with Crippen molar-refractivity contribution >= 4 is 60.9 Å². The van der Waals surface area contributed by atoms with Crippen LogP contribution in [-0.2, 0) is 0 Å². The lowest BCUT2D eigenvalue weighted by Gasteiger charge is -2.27. The van der Waals surface area contributed by atoms with Gasteiger partial charge in [-0.2, -0.15) is 0 Å². The number of imidazole rings is 1. The van der Waals surface area contributed by atoms with Crippen molar-refractivity contribution in [1.82, 2.24) is 14.5 Å². The normalized spacial score (nSPS) is 11.5. The molecule has 3 heterocycles. The number of fused-ring (bicyclic) bond motifs is 5. The summed E-state index contributed by atoms with van der Waals surface area (Å²) in [6.45, 7) is 0. The van der Waals surface area contributed by atoms with Gasteiger partial charge < -0.3 is 9.52 Å². The number of pyridine rings is 1. The fraction of sp³-hybridized carbons (Fsp3) is 0. The third kappa shape index (κ3) is 5.42. The number of aromatic hydroxyl groups is 1. The van der Waals surface area contributed by atoms with Gasteiger partial charge in [-0.15, -0.1) is 0 Å². The molecule has 11 rings (SSSR count). The van der Waals surface area contributed by atoms with Crippen LogP contribution in [0.3, 0.4) is 0 Å². The largest absolute Gasteiger partial charge is 0.507 e. The summed E-state index contributed by atoms with van der Waals surface area (Å²) >= 11 is 0. The van der Waals surface area contributed by atoms with Crippen molar-refractivity contribution in [3.05, 3.63) is 200 Å². The molecule has 0 saturated carbocycles. The Morgan fingerprint density at radius 1 is 0.517 bits per heavy atom. The lowest BCUT2D eigenvalue weighted by Crippen LogP contribution is -2.13. The maximum atomic E-state index is 11.3. The van der Waals surface area contributed by atoms with Gasteiger partial charge >= 0.3 is 0 Å². The Morgan fingerprint density at radius 2 is 1.22 bits per heavy atom. The van der Waals surface area contributed by atoms with E-state index >= 15 is 0 Å². The van der Waals surface area contributed by atoms with Gasteiger partial charge in [-0.25, -0.2) is 9.97 Å². The average Bonchev–Trinajstić information content (AvgIpc) is 3.86. The van der Waals surface area contributed by atoms with Crippen LogP contribution < -0.4 is 4.90 Å². The molecule has 6 nitrogen and oxygen atoms in total. The van der Waals surface area contributed by atoms with Crippen LogP contribution in [0.15, 0.2) is 205 Å². The predicted octanol–water partition coefficient (Wildman–Crippen LogP) is 13.6. The SMILES string of the molecule is Oc1ccccc1-c1nc2c(-c3cc(N(c4ccccn4)c4ccccc4-c4ccccc4)c4oc5ccccc5c4c3)cccc2n1-c1cccc2ccccc12. The van der Waals surface area contributed by atoms with Crippen LogP contribution in [-0.4, -0.2) is 19.6 Å². The Hall–Kier alpha value is -7.96. The van der Waals surface area contributed by atoms with Crippen molar-refractivity contribution in [2.45, 2.75) is 0 Å². The molecule has 8 aromatic carbocycles. The summed E-state index contributed by atoms with van der Waals surface area (Å²) in [5.41, 5.74) is 10.8. The van der Waals surface area contributed by atoms with E-state index in [4.69, 9.17) is 14.4 Å². The van der Waals surface area contributed by atoms with Gasteiger partial charge in [-0.1, -0.05) is 133 Å². The molecule has 0 amide bonds. The monoisotopic (exact) mass is 746 g/mol. The Balaban J connectivity index is 1.23. The quantitative estimate of drug-likeness (QED) is 0.176. The molecule has 0 radical (unpaired) electrons. The summed E-state index contributed by atoms with van der Waals surface area (Å²) in [5.74, 6) is 1.57. The summed E-state index contributed by atoms with van der Waals surface area (Å²) in [6.07, 6.45) is 1.83. The molecule has 6 heteroatoms. The number of hydrogen-bond donors (Lipinski definition) is 1. The number of nitrogens with zero attached hydrogens (tertiary/aromatic N) is 4. The molecule has 58 heavy (non-hydrogen) atoms. The first-order chi connectivity index (χ1) is 28.7. The Bertz CT molecular complexity index is 3310. The highest BCUT2D eigenvalue weighted by molar-refractivity contribution is 6.13. The van der Waals surface area contributed by atoms with Crippen LogP contribution >= 0.6 is 0 Å². The molecular weight excluding hydrogens is 713 g/mol. The molecule has 0 saturated heterocycles. The summed E-state index contributed by atoms with van der Waals surface area (Å²) < 4.78 is 8.99. The minimum Gasteiger partial charge on any atom is -0.507 e. The third-order valence-electron chi connectivity index (χ3n) is 11.0. The summed E-state index contributed by atoms with van der Waals surface area (Å²) in [4.78, 5) is 12.6. The highest BCUT2D eigenvalue weighted by atomic mass is 16.3. The van der Waals surface area contributed by atoms with E-state index in [9.17, 15) is 5.11 Å². The van der Waals surface area contributed by atoms with Gasteiger partial charge in [0.1, 0.15) is 23.0 Å². The molecule has 1 N–H and O–H groups in total. The molecule has 0 aliphatic heterocycles. The van der Waals surface area contributed by atoms with Crippen LogP contribution in [0.1, 0.15) is 0 Å². The van der Waals surface area contributed by atoms with Crippen molar-refractivity contribution in [2.24, 2.45) is 0 Å². The van der Waals surface area contributed by atoms with E-state index in [1.54, 1.807) is 6.07 Å². The zero-order valence-corrected chi connectivity index (χ0v) is 31.2. The average molecular weight is 747 g/mol. The van der Waals surface area contributed by atoms with E-state index < -0.39 is 0 Å². The van der Waals surface area contributed by atoms with Gasteiger partial charge in [0.05, 0.1) is 33.7 Å². The number of aromatic nitrogens is 3. The molecule has 11 aromatic rings. The Labute approximate surface area is 334 Å².